The molecule has 0 aliphatic heterocycles. The van der Waals surface area contributed by atoms with E-state index in [0.717, 1.165) is 34.6 Å². The van der Waals surface area contributed by atoms with Crippen molar-refractivity contribution in [2.75, 3.05) is 5.43 Å². The van der Waals surface area contributed by atoms with E-state index >= 15 is 0 Å². The molecular formula is C20H13BrI2N4O5. The van der Waals surface area contributed by atoms with Crippen LogP contribution in [0.15, 0.2) is 64.2 Å². The summed E-state index contributed by atoms with van der Waals surface area (Å²) in [5.41, 5.74) is 3.63. The molecule has 1 N–H and O–H groups in total. The van der Waals surface area contributed by atoms with Crippen LogP contribution < -0.4 is 10.2 Å². The molecule has 0 aliphatic rings. The van der Waals surface area contributed by atoms with Crippen LogP contribution >= 0.6 is 61.1 Å². The summed E-state index contributed by atoms with van der Waals surface area (Å²) in [5, 5.41) is 26.1. The first-order valence-electron chi connectivity index (χ1n) is 8.83. The van der Waals surface area contributed by atoms with Crippen LogP contribution in [0.2, 0.25) is 0 Å². The SMILES string of the molecule is O=[N+]([O-])c1ccc(N/N=C\c2cc(I)c(OCc3ccc(Br)cc3)c(I)c2)c([N+](=O)[O-])c1. The normalized spacial score (nSPS) is 10.8. The molecule has 0 saturated carbocycles. The second kappa shape index (κ2) is 11.0. The number of benzene rings is 3. The summed E-state index contributed by atoms with van der Waals surface area (Å²) in [7, 11) is 0. The van der Waals surface area contributed by atoms with Gasteiger partial charge in [-0.2, -0.15) is 5.10 Å². The topological polar surface area (TPSA) is 120 Å². The fourth-order valence-corrected chi connectivity index (χ4v) is 4.98. The van der Waals surface area contributed by atoms with Crippen molar-refractivity contribution in [3.05, 3.63) is 97.6 Å². The summed E-state index contributed by atoms with van der Waals surface area (Å²) in [6, 6.07) is 14.9. The van der Waals surface area contributed by atoms with E-state index in [1.807, 2.05) is 36.4 Å². The van der Waals surface area contributed by atoms with Gasteiger partial charge in [-0.15, -0.1) is 0 Å². The molecule has 0 fully saturated rings. The van der Waals surface area contributed by atoms with Crippen molar-refractivity contribution in [1.82, 2.24) is 0 Å². The van der Waals surface area contributed by atoms with Crippen molar-refractivity contribution in [1.29, 1.82) is 0 Å². The molecule has 0 saturated heterocycles. The first kappa shape index (κ1) is 24.3. The highest BCUT2D eigenvalue weighted by Gasteiger charge is 2.19. The van der Waals surface area contributed by atoms with Crippen molar-refractivity contribution in [3.8, 4) is 5.75 Å². The van der Waals surface area contributed by atoms with Gasteiger partial charge in [-0.1, -0.05) is 28.1 Å². The van der Waals surface area contributed by atoms with Crippen molar-refractivity contribution < 1.29 is 14.6 Å². The van der Waals surface area contributed by atoms with E-state index in [1.165, 1.54) is 18.3 Å². The third-order valence-electron chi connectivity index (χ3n) is 4.10. The highest BCUT2D eigenvalue weighted by Crippen LogP contribution is 2.30. The maximum absolute atomic E-state index is 11.2. The number of ether oxygens (including phenoxy) is 1. The molecule has 0 spiro atoms. The average Bonchev–Trinajstić information content (AvgIpc) is 2.74. The van der Waals surface area contributed by atoms with Gasteiger partial charge in [0.1, 0.15) is 18.0 Å². The molecule has 164 valence electrons. The van der Waals surface area contributed by atoms with Crippen molar-refractivity contribution in [3.63, 3.8) is 0 Å². The monoisotopic (exact) mass is 722 g/mol. The molecule has 0 aliphatic carbocycles. The second-order valence-corrected chi connectivity index (χ2v) is 9.55. The van der Waals surface area contributed by atoms with E-state index < -0.39 is 15.5 Å². The Hall–Kier alpha value is -2.33. The molecule has 0 unspecified atom stereocenters. The van der Waals surface area contributed by atoms with Gasteiger partial charge in [0.2, 0.25) is 0 Å². The van der Waals surface area contributed by atoms with Crippen molar-refractivity contribution in [2.45, 2.75) is 6.61 Å². The fraction of sp³-hybridized carbons (Fsp3) is 0.0500. The molecule has 0 atom stereocenters. The molecule has 32 heavy (non-hydrogen) atoms. The first-order valence-corrected chi connectivity index (χ1v) is 11.8. The van der Waals surface area contributed by atoms with Crippen LogP contribution in [-0.2, 0) is 6.61 Å². The van der Waals surface area contributed by atoms with Gasteiger partial charge in [0, 0.05) is 10.5 Å². The van der Waals surface area contributed by atoms with Gasteiger partial charge in [0.25, 0.3) is 5.69 Å². The lowest BCUT2D eigenvalue weighted by Crippen LogP contribution is -2.01. The minimum absolute atomic E-state index is 0.0516. The number of rotatable bonds is 8. The molecule has 0 radical (unpaired) electrons. The number of nitro benzene ring substituents is 2. The summed E-state index contributed by atoms with van der Waals surface area (Å²) in [5.74, 6) is 0.755. The summed E-state index contributed by atoms with van der Waals surface area (Å²) in [6.45, 7) is 0.429. The number of nitrogens with zero attached hydrogens (tertiary/aromatic N) is 3. The predicted octanol–water partition coefficient (Wildman–Crippen LogP) is 6.50. The molecule has 0 aromatic heterocycles. The van der Waals surface area contributed by atoms with Gasteiger partial charge >= 0.3 is 5.69 Å². The van der Waals surface area contributed by atoms with Crippen molar-refractivity contribution in [2.24, 2.45) is 5.10 Å². The number of anilines is 1. The minimum Gasteiger partial charge on any atom is -0.487 e. The second-order valence-electron chi connectivity index (χ2n) is 6.31. The van der Waals surface area contributed by atoms with Crippen molar-refractivity contribution >= 4 is 84.4 Å². The summed E-state index contributed by atoms with van der Waals surface area (Å²) in [6.07, 6.45) is 1.51. The number of hydrazone groups is 1. The Morgan fingerprint density at radius 3 is 2.25 bits per heavy atom. The van der Waals surface area contributed by atoms with Crippen LogP contribution in [0.5, 0.6) is 5.75 Å². The van der Waals surface area contributed by atoms with Crippen LogP contribution in [0, 0.1) is 27.4 Å². The zero-order valence-electron chi connectivity index (χ0n) is 16.0. The van der Waals surface area contributed by atoms with Crippen LogP contribution in [0.3, 0.4) is 0 Å². The van der Waals surface area contributed by atoms with Gasteiger partial charge in [0.05, 0.1) is 29.3 Å². The van der Waals surface area contributed by atoms with E-state index in [4.69, 9.17) is 4.74 Å². The zero-order chi connectivity index (χ0) is 23.3. The Labute approximate surface area is 218 Å². The number of hydrogen-bond acceptors (Lipinski definition) is 7. The lowest BCUT2D eigenvalue weighted by molar-refractivity contribution is -0.393. The maximum Gasteiger partial charge on any atom is 0.301 e. The number of hydrogen-bond donors (Lipinski definition) is 1. The maximum atomic E-state index is 11.2. The van der Waals surface area contributed by atoms with Gasteiger partial charge < -0.3 is 4.74 Å². The lowest BCUT2D eigenvalue weighted by Gasteiger charge is -2.11. The van der Waals surface area contributed by atoms with Gasteiger partial charge in [-0.05, 0) is 86.6 Å². The molecule has 9 nitrogen and oxygen atoms in total. The van der Waals surface area contributed by atoms with Gasteiger partial charge in [0.15, 0.2) is 0 Å². The average molecular weight is 723 g/mol. The molecule has 0 bridgehead atoms. The molecule has 3 rings (SSSR count). The Bertz CT molecular complexity index is 1180. The molecule has 12 heteroatoms. The van der Waals surface area contributed by atoms with E-state index in [-0.39, 0.29) is 11.4 Å². The minimum atomic E-state index is -0.700. The fourth-order valence-electron chi connectivity index (χ4n) is 2.58. The lowest BCUT2D eigenvalue weighted by atomic mass is 10.2. The Balaban J connectivity index is 1.72. The van der Waals surface area contributed by atoms with E-state index in [0.29, 0.717) is 6.61 Å². The third kappa shape index (κ3) is 6.35. The molecule has 3 aromatic carbocycles. The Morgan fingerprint density at radius 1 is 1.00 bits per heavy atom. The summed E-state index contributed by atoms with van der Waals surface area (Å²) < 4.78 is 8.74. The van der Waals surface area contributed by atoms with E-state index in [1.54, 1.807) is 0 Å². The number of nitrogens with one attached hydrogen (secondary N) is 1. The smallest absolute Gasteiger partial charge is 0.301 e. The predicted molar refractivity (Wildman–Crippen MR) is 141 cm³/mol. The molecule has 3 aromatic rings. The van der Waals surface area contributed by atoms with E-state index in [2.05, 4.69) is 71.6 Å². The Morgan fingerprint density at radius 2 is 1.66 bits per heavy atom. The highest BCUT2D eigenvalue weighted by atomic mass is 127. The highest BCUT2D eigenvalue weighted by molar-refractivity contribution is 14.1. The number of non-ortho nitro benzene ring substituents is 1. The molecular weight excluding hydrogens is 710 g/mol. The standard InChI is InChI=1S/C20H13BrI2N4O5/c21-14-3-1-12(2-4-14)11-32-20-16(22)7-13(8-17(20)23)10-24-25-18-6-5-15(26(28)29)9-19(18)27(30)31/h1-10,25H,11H2/b24-10-. The zero-order valence-corrected chi connectivity index (χ0v) is 21.9. The largest absolute Gasteiger partial charge is 0.487 e. The summed E-state index contributed by atoms with van der Waals surface area (Å²) >= 11 is 7.76. The number of halogens is 3. The van der Waals surface area contributed by atoms with E-state index in [9.17, 15) is 20.2 Å². The van der Waals surface area contributed by atoms with Gasteiger partial charge in [-0.25, -0.2) is 0 Å². The Kier molecular flexibility index (Phi) is 8.36. The first-order chi connectivity index (χ1) is 15.2. The quantitative estimate of drug-likeness (QED) is 0.123. The van der Waals surface area contributed by atoms with Gasteiger partial charge in [-0.3, -0.25) is 25.7 Å². The van der Waals surface area contributed by atoms with Crippen LogP contribution in [0.4, 0.5) is 17.1 Å². The molecule has 0 heterocycles. The van der Waals surface area contributed by atoms with Crippen LogP contribution in [-0.4, -0.2) is 16.1 Å². The van der Waals surface area contributed by atoms with Crippen LogP contribution in [0.25, 0.3) is 0 Å². The molecule has 0 amide bonds. The summed E-state index contributed by atoms with van der Waals surface area (Å²) in [4.78, 5) is 20.7. The third-order valence-corrected chi connectivity index (χ3v) is 6.24. The number of nitro groups is 2. The van der Waals surface area contributed by atoms with Crippen LogP contribution in [0.1, 0.15) is 11.1 Å².